The van der Waals surface area contributed by atoms with Crippen molar-refractivity contribution >= 4 is 38.2 Å². The third-order valence-electron chi connectivity index (χ3n) is 5.34. The topological polar surface area (TPSA) is 54.3 Å². The molecule has 26 heavy (non-hydrogen) atoms. The van der Waals surface area contributed by atoms with Crippen LogP contribution in [0.2, 0.25) is 5.02 Å². The van der Waals surface area contributed by atoms with Gasteiger partial charge < -0.3 is 10.2 Å². The molecule has 2 aliphatic rings. The number of aromatic nitrogens is 1. The van der Waals surface area contributed by atoms with Gasteiger partial charge in [-0.15, -0.1) is 0 Å². The third-order valence-corrected chi connectivity index (χ3v) is 7.51. The Morgan fingerprint density at radius 1 is 1.12 bits per heavy atom. The molecular weight excluding hydrogens is 370 g/mol. The van der Waals surface area contributed by atoms with Gasteiger partial charge in [-0.3, -0.25) is 0 Å². The van der Waals surface area contributed by atoms with Crippen molar-refractivity contribution in [2.24, 2.45) is 0 Å². The van der Waals surface area contributed by atoms with Crippen LogP contribution in [-0.2, 0) is 16.4 Å². The Kier molecular flexibility index (Phi) is 3.57. The monoisotopic (exact) mass is 387 g/mol. The molecule has 1 aromatic heterocycles. The molecule has 3 heterocycles. The highest BCUT2D eigenvalue weighted by molar-refractivity contribution is 7.90. The van der Waals surface area contributed by atoms with Crippen molar-refractivity contribution in [1.82, 2.24) is 9.29 Å². The summed E-state index contributed by atoms with van der Waals surface area (Å²) < 4.78 is 28.0. The number of hydrogen-bond acceptors (Lipinski definition) is 4. The number of hydrogen-bond donors (Lipinski definition) is 1. The maximum atomic E-state index is 13.3. The average molecular weight is 388 g/mol. The lowest BCUT2D eigenvalue weighted by molar-refractivity contribution is 0.470. The second kappa shape index (κ2) is 5.74. The van der Waals surface area contributed by atoms with Crippen molar-refractivity contribution < 1.29 is 8.42 Å². The first kappa shape index (κ1) is 16.2. The normalized spacial score (nSPS) is 19.6. The van der Waals surface area contributed by atoms with Crippen molar-refractivity contribution in [1.29, 1.82) is 0 Å². The number of rotatable bonds is 2. The molecule has 3 aromatic rings. The zero-order chi connectivity index (χ0) is 17.9. The van der Waals surface area contributed by atoms with Gasteiger partial charge in [0.2, 0.25) is 0 Å². The molecule has 5 nitrogen and oxygen atoms in total. The standard InChI is InChI=1S/C19H18ClN3O2S/c20-15-4-1-2-7-18(15)26(24,25)23-12-13-10-14-11-21-8-9-22(14)16-5-3-6-17(23)19(13)16/h1-7,12,14,21H,8-11H2. The Morgan fingerprint density at radius 2 is 1.96 bits per heavy atom. The lowest BCUT2D eigenvalue weighted by Crippen LogP contribution is -2.53. The third kappa shape index (κ3) is 2.22. The highest BCUT2D eigenvalue weighted by atomic mass is 35.5. The average Bonchev–Trinajstić information content (AvgIpc) is 3.03. The predicted molar refractivity (Wildman–Crippen MR) is 104 cm³/mol. The van der Waals surface area contributed by atoms with E-state index in [1.165, 1.54) is 3.97 Å². The Hall–Kier alpha value is -2.02. The minimum atomic E-state index is -3.76. The highest BCUT2D eigenvalue weighted by Crippen LogP contribution is 2.39. The van der Waals surface area contributed by atoms with Crippen LogP contribution >= 0.6 is 11.6 Å². The molecule has 1 unspecified atom stereocenters. The molecule has 2 aliphatic heterocycles. The molecule has 0 saturated carbocycles. The Bertz CT molecular complexity index is 1120. The number of halogens is 1. The molecule has 2 aromatic carbocycles. The SMILES string of the molecule is O=S(=O)(c1ccccc1Cl)n1cc2c3c(cccc31)N1CCNCC1C2. The minimum Gasteiger partial charge on any atom is -0.365 e. The van der Waals surface area contributed by atoms with Crippen LogP contribution < -0.4 is 10.2 Å². The second-order valence-corrected chi connectivity index (χ2v) is 9.00. The van der Waals surface area contributed by atoms with Crippen LogP contribution in [0.3, 0.4) is 0 Å². The van der Waals surface area contributed by atoms with E-state index in [0.717, 1.165) is 48.2 Å². The fourth-order valence-electron chi connectivity index (χ4n) is 4.18. The van der Waals surface area contributed by atoms with Gasteiger partial charge in [-0.05, 0) is 36.2 Å². The van der Waals surface area contributed by atoms with Crippen molar-refractivity contribution in [3.63, 3.8) is 0 Å². The molecule has 0 spiro atoms. The van der Waals surface area contributed by atoms with Crippen molar-refractivity contribution in [2.75, 3.05) is 24.5 Å². The Balaban J connectivity index is 1.75. The number of nitrogens with one attached hydrogen (secondary N) is 1. The van der Waals surface area contributed by atoms with Crippen LogP contribution in [0, 0.1) is 0 Å². The smallest absolute Gasteiger partial charge is 0.269 e. The van der Waals surface area contributed by atoms with Crippen LogP contribution in [0.25, 0.3) is 10.9 Å². The molecule has 0 radical (unpaired) electrons. The Morgan fingerprint density at radius 3 is 2.81 bits per heavy atom. The van der Waals surface area contributed by atoms with E-state index in [-0.39, 0.29) is 9.92 Å². The summed E-state index contributed by atoms with van der Waals surface area (Å²) >= 11 is 6.18. The summed E-state index contributed by atoms with van der Waals surface area (Å²) in [5, 5.41) is 4.72. The summed E-state index contributed by atoms with van der Waals surface area (Å²) in [5.74, 6) is 0. The number of fused-ring (bicyclic) bond motifs is 2. The number of piperazine rings is 1. The summed E-state index contributed by atoms with van der Waals surface area (Å²) in [5.41, 5.74) is 2.92. The summed E-state index contributed by atoms with van der Waals surface area (Å²) in [7, 11) is -3.76. The fourth-order valence-corrected chi connectivity index (χ4v) is 6.07. The van der Waals surface area contributed by atoms with Crippen LogP contribution in [-0.4, -0.2) is 38.1 Å². The van der Waals surface area contributed by atoms with Gasteiger partial charge >= 0.3 is 0 Å². The quantitative estimate of drug-likeness (QED) is 0.734. The molecule has 1 fully saturated rings. The second-order valence-electron chi connectivity index (χ2n) is 6.81. The molecule has 0 aliphatic carbocycles. The molecule has 1 saturated heterocycles. The number of benzene rings is 2. The van der Waals surface area contributed by atoms with E-state index in [1.54, 1.807) is 30.5 Å². The zero-order valence-corrected chi connectivity index (χ0v) is 15.6. The van der Waals surface area contributed by atoms with Crippen molar-refractivity contribution in [3.05, 3.63) is 59.2 Å². The molecule has 1 N–H and O–H groups in total. The number of anilines is 1. The first-order valence-corrected chi connectivity index (χ1v) is 10.5. The summed E-state index contributed by atoms with van der Waals surface area (Å²) in [4.78, 5) is 2.53. The van der Waals surface area contributed by atoms with E-state index >= 15 is 0 Å². The lowest BCUT2D eigenvalue weighted by Gasteiger charge is -2.41. The van der Waals surface area contributed by atoms with E-state index in [2.05, 4.69) is 16.3 Å². The predicted octanol–water partition coefficient (Wildman–Crippen LogP) is 2.87. The van der Waals surface area contributed by atoms with Crippen LogP contribution in [0.15, 0.2) is 53.6 Å². The summed E-state index contributed by atoms with van der Waals surface area (Å²) in [6.07, 6.45) is 2.62. The molecule has 7 heteroatoms. The molecule has 0 bridgehead atoms. The summed E-state index contributed by atoms with van der Waals surface area (Å²) in [6, 6.07) is 12.9. The van der Waals surface area contributed by atoms with Gasteiger partial charge in [0, 0.05) is 42.9 Å². The lowest BCUT2D eigenvalue weighted by atomic mass is 9.95. The van der Waals surface area contributed by atoms with Crippen LogP contribution in [0.4, 0.5) is 5.69 Å². The van der Waals surface area contributed by atoms with Gasteiger partial charge in [0.25, 0.3) is 10.0 Å². The van der Waals surface area contributed by atoms with E-state index in [9.17, 15) is 8.42 Å². The van der Waals surface area contributed by atoms with Gasteiger partial charge in [0.05, 0.1) is 10.5 Å². The van der Waals surface area contributed by atoms with Crippen molar-refractivity contribution in [2.45, 2.75) is 17.4 Å². The Labute approximate surface area is 157 Å². The first-order chi connectivity index (χ1) is 12.6. The van der Waals surface area contributed by atoms with E-state index in [4.69, 9.17) is 11.6 Å². The van der Waals surface area contributed by atoms with Gasteiger partial charge in [-0.1, -0.05) is 29.8 Å². The molecular formula is C19H18ClN3O2S. The summed E-state index contributed by atoms with van der Waals surface area (Å²) in [6.45, 7) is 2.80. The van der Waals surface area contributed by atoms with Gasteiger partial charge in [-0.2, -0.15) is 0 Å². The van der Waals surface area contributed by atoms with Gasteiger partial charge in [-0.25, -0.2) is 12.4 Å². The van der Waals surface area contributed by atoms with Crippen molar-refractivity contribution in [3.8, 4) is 0 Å². The highest BCUT2D eigenvalue weighted by Gasteiger charge is 2.33. The maximum Gasteiger partial charge on any atom is 0.269 e. The largest absolute Gasteiger partial charge is 0.365 e. The molecule has 134 valence electrons. The fraction of sp³-hybridized carbons (Fsp3) is 0.263. The molecule has 1 atom stereocenters. The van der Waals surface area contributed by atoms with Crippen LogP contribution in [0.5, 0.6) is 0 Å². The first-order valence-electron chi connectivity index (χ1n) is 8.68. The molecule has 0 amide bonds. The van der Waals surface area contributed by atoms with Gasteiger partial charge in [0.15, 0.2) is 0 Å². The van der Waals surface area contributed by atoms with E-state index < -0.39 is 10.0 Å². The van der Waals surface area contributed by atoms with Crippen LogP contribution in [0.1, 0.15) is 5.56 Å². The van der Waals surface area contributed by atoms with Gasteiger partial charge in [0.1, 0.15) is 4.90 Å². The maximum absolute atomic E-state index is 13.3. The number of nitrogens with zero attached hydrogens (tertiary/aromatic N) is 2. The minimum absolute atomic E-state index is 0.133. The molecule has 5 rings (SSSR count). The van der Waals surface area contributed by atoms with E-state index in [0.29, 0.717) is 6.04 Å². The zero-order valence-electron chi connectivity index (χ0n) is 14.0. The van der Waals surface area contributed by atoms with E-state index in [1.807, 2.05) is 12.1 Å².